The molecule has 0 saturated heterocycles. The fourth-order valence-corrected chi connectivity index (χ4v) is 1.98. The van der Waals surface area contributed by atoms with Gasteiger partial charge < -0.3 is 13.7 Å². The summed E-state index contributed by atoms with van der Waals surface area (Å²) in [6.45, 7) is 3.47. The van der Waals surface area contributed by atoms with Crippen LogP contribution in [0.3, 0.4) is 0 Å². The average molecular weight is 260 g/mol. The third-order valence-electron chi connectivity index (χ3n) is 3.05. The second-order valence-electron chi connectivity index (χ2n) is 6.89. The van der Waals surface area contributed by atoms with Gasteiger partial charge in [-0.15, -0.1) is 0 Å². The molecule has 0 aliphatic carbocycles. The molecule has 0 rings (SSSR count). The fraction of sp³-hybridized carbons (Fsp3) is 0.929. The molecule has 0 heterocycles. The molecule has 0 aliphatic rings. The molecule has 0 N–H and O–H groups in total. The van der Waals surface area contributed by atoms with Gasteiger partial charge in [0.15, 0.2) is 6.04 Å². The normalized spacial score (nSPS) is 14.4. The molecule has 0 bridgehead atoms. The molecule has 4 heteroatoms. The van der Waals surface area contributed by atoms with Gasteiger partial charge in [-0.05, 0) is 19.8 Å². The molecule has 0 aromatic rings. The number of esters is 1. The van der Waals surface area contributed by atoms with E-state index in [0.29, 0.717) is 11.1 Å². The first kappa shape index (κ1) is 17.4. The second kappa shape index (κ2) is 7.10. The number of hydrogen-bond acceptors (Lipinski definition) is 2. The molecule has 0 spiro atoms. The lowest BCUT2D eigenvalue weighted by atomic mass is 10.1. The lowest BCUT2D eigenvalue weighted by Crippen LogP contribution is -2.50. The molecule has 0 aromatic heterocycles. The number of hydrogen-bond donors (Lipinski definition) is 0. The summed E-state index contributed by atoms with van der Waals surface area (Å²) in [5.74, 6) is -0.0600. The van der Waals surface area contributed by atoms with Gasteiger partial charge in [0.25, 0.3) is 0 Å². The van der Waals surface area contributed by atoms with Gasteiger partial charge >= 0.3 is 5.97 Å². The van der Waals surface area contributed by atoms with E-state index in [-0.39, 0.29) is 12.0 Å². The van der Waals surface area contributed by atoms with Crippen molar-refractivity contribution in [2.45, 2.75) is 32.2 Å². The lowest BCUT2D eigenvalue weighted by Gasteiger charge is -2.32. The Bertz CT molecular complexity index is 252. The molecular formula is C14H32N2O2+2. The quantitative estimate of drug-likeness (QED) is 0.375. The molecule has 0 aliphatic heterocycles. The third kappa shape index (κ3) is 7.67. The van der Waals surface area contributed by atoms with Crippen molar-refractivity contribution in [2.24, 2.45) is 0 Å². The van der Waals surface area contributed by atoms with Crippen LogP contribution in [0, 0.1) is 0 Å². The highest BCUT2D eigenvalue weighted by Gasteiger charge is 2.32. The minimum absolute atomic E-state index is 0.0441. The molecule has 0 radical (unpaired) electrons. The summed E-state index contributed by atoms with van der Waals surface area (Å²) in [6, 6.07) is -0.0441. The highest BCUT2D eigenvalue weighted by molar-refractivity contribution is 5.74. The van der Waals surface area contributed by atoms with Crippen LogP contribution >= 0.6 is 0 Å². The lowest BCUT2D eigenvalue weighted by molar-refractivity contribution is -0.888. The maximum Gasteiger partial charge on any atom is 0.364 e. The van der Waals surface area contributed by atoms with E-state index >= 15 is 0 Å². The number of ether oxygens (including phenoxy) is 1. The Morgan fingerprint density at radius 2 is 1.61 bits per heavy atom. The second-order valence-corrected chi connectivity index (χ2v) is 6.89. The predicted octanol–water partition coefficient (Wildman–Crippen LogP) is 1.50. The summed E-state index contributed by atoms with van der Waals surface area (Å²) in [5.41, 5.74) is 0. The van der Waals surface area contributed by atoms with E-state index in [2.05, 4.69) is 42.3 Å². The van der Waals surface area contributed by atoms with Crippen LogP contribution in [0.25, 0.3) is 0 Å². The van der Waals surface area contributed by atoms with Gasteiger partial charge in [-0.1, -0.05) is 0 Å². The number of unbranched alkanes of at least 4 members (excludes halogenated alkanes) is 1. The molecule has 0 saturated carbocycles. The molecule has 108 valence electrons. The zero-order valence-corrected chi connectivity index (χ0v) is 13.3. The molecule has 18 heavy (non-hydrogen) atoms. The molecular weight excluding hydrogens is 228 g/mol. The van der Waals surface area contributed by atoms with Gasteiger partial charge in [0, 0.05) is 6.42 Å². The number of likely N-dealkylation sites (N-methyl/N-ethyl adjacent to an activating group) is 1. The van der Waals surface area contributed by atoms with Gasteiger partial charge in [-0.25, -0.2) is 4.79 Å². The van der Waals surface area contributed by atoms with Crippen LogP contribution in [0.2, 0.25) is 0 Å². The Hall–Kier alpha value is -0.610. The molecule has 4 nitrogen and oxygen atoms in total. The van der Waals surface area contributed by atoms with E-state index in [4.69, 9.17) is 4.74 Å². The standard InChI is InChI=1S/C14H32N2O2/c1-8-18-14(17)13(16(5,6)7)11-9-10-12-15(2,3)4/h13H,8-12H2,1-7H3/q+2. The zero-order chi connectivity index (χ0) is 14.4. The van der Waals surface area contributed by atoms with Crippen molar-refractivity contribution in [3.8, 4) is 0 Å². The molecule has 0 amide bonds. The maximum absolute atomic E-state index is 11.9. The van der Waals surface area contributed by atoms with Gasteiger partial charge in [0.05, 0.1) is 55.4 Å². The van der Waals surface area contributed by atoms with Crippen LogP contribution in [0.5, 0.6) is 0 Å². The Kier molecular flexibility index (Phi) is 6.86. The van der Waals surface area contributed by atoms with Crippen LogP contribution in [0.1, 0.15) is 26.2 Å². The van der Waals surface area contributed by atoms with Gasteiger partial charge in [0.2, 0.25) is 0 Å². The topological polar surface area (TPSA) is 26.3 Å². The van der Waals surface area contributed by atoms with Crippen molar-refractivity contribution < 1.29 is 18.5 Å². The number of nitrogens with zero attached hydrogens (tertiary/aromatic N) is 2. The van der Waals surface area contributed by atoms with Crippen LogP contribution in [0.15, 0.2) is 0 Å². The van der Waals surface area contributed by atoms with E-state index in [1.54, 1.807) is 0 Å². The fourth-order valence-electron chi connectivity index (χ4n) is 1.98. The van der Waals surface area contributed by atoms with E-state index in [0.717, 1.165) is 30.3 Å². The number of rotatable bonds is 8. The summed E-state index contributed by atoms with van der Waals surface area (Å²) in [6.07, 6.45) is 3.14. The molecule has 0 fully saturated rings. The smallest absolute Gasteiger partial charge is 0.364 e. The Balaban J connectivity index is 4.24. The number of carbonyl (C=O) groups is 1. The van der Waals surface area contributed by atoms with Crippen molar-refractivity contribution in [2.75, 3.05) is 55.4 Å². The highest BCUT2D eigenvalue weighted by atomic mass is 16.5. The van der Waals surface area contributed by atoms with Crippen LogP contribution in [0.4, 0.5) is 0 Å². The first-order chi connectivity index (χ1) is 8.08. The van der Waals surface area contributed by atoms with E-state index in [1.165, 1.54) is 0 Å². The van der Waals surface area contributed by atoms with E-state index in [9.17, 15) is 4.79 Å². The summed E-state index contributed by atoms with van der Waals surface area (Å²) < 4.78 is 6.79. The summed E-state index contributed by atoms with van der Waals surface area (Å²) in [5, 5.41) is 0. The Morgan fingerprint density at radius 3 is 2.00 bits per heavy atom. The average Bonchev–Trinajstić information content (AvgIpc) is 2.13. The number of quaternary nitrogens is 2. The van der Waals surface area contributed by atoms with Crippen molar-refractivity contribution in [1.82, 2.24) is 0 Å². The summed E-state index contributed by atoms with van der Waals surface area (Å²) >= 11 is 0. The first-order valence-corrected chi connectivity index (χ1v) is 6.86. The van der Waals surface area contributed by atoms with E-state index < -0.39 is 0 Å². The monoisotopic (exact) mass is 260 g/mol. The Morgan fingerprint density at radius 1 is 1.06 bits per heavy atom. The van der Waals surface area contributed by atoms with Crippen molar-refractivity contribution in [1.29, 1.82) is 0 Å². The van der Waals surface area contributed by atoms with Gasteiger partial charge in [-0.3, -0.25) is 0 Å². The van der Waals surface area contributed by atoms with E-state index in [1.807, 2.05) is 6.92 Å². The van der Waals surface area contributed by atoms with Crippen molar-refractivity contribution in [3.63, 3.8) is 0 Å². The highest BCUT2D eigenvalue weighted by Crippen LogP contribution is 2.14. The largest absolute Gasteiger partial charge is 0.462 e. The SMILES string of the molecule is CCOC(=O)C(CCCC[N+](C)(C)C)[N+](C)(C)C. The van der Waals surface area contributed by atoms with Gasteiger partial charge in [-0.2, -0.15) is 0 Å². The van der Waals surface area contributed by atoms with Crippen LogP contribution < -0.4 is 0 Å². The summed E-state index contributed by atoms with van der Waals surface area (Å²) in [7, 11) is 12.8. The van der Waals surface area contributed by atoms with Crippen LogP contribution in [-0.2, 0) is 9.53 Å². The van der Waals surface area contributed by atoms with Crippen molar-refractivity contribution in [3.05, 3.63) is 0 Å². The minimum Gasteiger partial charge on any atom is -0.462 e. The molecule has 1 atom stereocenters. The third-order valence-corrected chi connectivity index (χ3v) is 3.05. The van der Waals surface area contributed by atoms with Crippen molar-refractivity contribution >= 4 is 5.97 Å². The number of carbonyl (C=O) groups excluding carboxylic acids is 1. The maximum atomic E-state index is 11.9. The first-order valence-electron chi connectivity index (χ1n) is 6.86. The Labute approximate surface area is 113 Å². The predicted molar refractivity (Wildman–Crippen MR) is 75.2 cm³/mol. The molecule has 0 aromatic carbocycles. The molecule has 1 unspecified atom stereocenters. The summed E-state index contributed by atoms with van der Waals surface area (Å²) in [4.78, 5) is 11.9. The van der Waals surface area contributed by atoms with Gasteiger partial charge in [0.1, 0.15) is 0 Å². The zero-order valence-electron chi connectivity index (χ0n) is 13.3. The van der Waals surface area contributed by atoms with Crippen LogP contribution in [-0.4, -0.2) is 76.4 Å². The minimum atomic E-state index is -0.0600.